The van der Waals surface area contributed by atoms with E-state index in [-0.39, 0.29) is 16.2 Å². The van der Waals surface area contributed by atoms with E-state index in [9.17, 15) is 18.0 Å². The molecule has 0 radical (unpaired) electrons. The van der Waals surface area contributed by atoms with Crippen LogP contribution in [0.1, 0.15) is 38.3 Å². The lowest BCUT2D eigenvalue weighted by atomic mass is 10.0. The van der Waals surface area contributed by atoms with Crippen LogP contribution in [0.2, 0.25) is 0 Å². The van der Waals surface area contributed by atoms with E-state index in [4.69, 9.17) is 0 Å². The molecule has 0 heterocycles. The molecule has 3 aromatic carbocycles. The molecule has 1 atom stereocenters. The first-order chi connectivity index (χ1) is 13.8. The molecular formula is C24H22O4S. The molecule has 0 aliphatic carbocycles. The van der Waals surface area contributed by atoms with Crippen molar-refractivity contribution in [2.75, 3.05) is 0 Å². The molecule has 5 heteroatoms. The van der Waals surface area contributed by atoms with Crippen molar-refractivity contribution in [2.24, 2.45) is 0 Å². The van der Waals surface area contributed by atoms with Gasteiger partial charge in [-0.05, 0) is 26.0 Å². The van der Waals surface area contributed by atoms with Crippen molar-refractivity contribution in [3.8, 4) is 0 Å². The first kappa shape index (κ1) is 20.7. The van der Waals surface area contributed by atoms with Gasteiger partial charge in [0.15, 0.2) is 21.4 Å². The van der Waals surface area contributed by atoms with Crippen LogP contribution >= 0.6 is 0 Å². The number of ketones is 2. The van der Waals surface area contributed by atoms with Crippen LogP contribution in [0.15, 0.2) is 83.8 Å². The molecule has 0 fully saturated rings. The van der Waals surface area contributed by atoms with Gasteiger partial charge in [0.2, 0.25) is 0 Å². The van der Waals surface area contributed by atoms with Gasteiger partial charge in [-0.15, -0.1) is 0 Å². The monoisotopic (exact) mass is 406 g/mol. The second-order valence-corrected chi connectivity index (χ2v) is 9.20. The van der Waals surface area contributed by atoms with Crippen molar-refractivity contribution < 1.29 is 18.0 Å². The molecule has 0 aliphatic heterocycles. The summed E-state index contributed by atoms with van der Waals surface area (Å²) in [4.78, 5) is 26.0. The molecule has 0 amide bonds. The van der Waals surface area contributed by atoms with E-state index < -0.39 is 27.3 Å². The van der Waals surface area contributed by atoms with Gasteiger partial charge >= 0.3 is 0 Å². The van der Waals surface area contributed by atoms with E-state index in [0.717, 1.165) is 11.1 Å². The predicted molar refractivity (Wildman–Crippen MR) is 113 cm³/mol. The number of sulfone groups is 1. The molecule has 3 rings (SSSR count). The zero-order valence-corrected chi connectivity index (χ0v) is 17.1. The number of aryl methyl sites for hydroxylation is 2. The maximum absolute atomic E-state index is 13.3. The summed E-state index contributed by atoms with van der Waals surface area (Å²) in [7, 11) is -4.05. The highest BCUT2D eigenvalue weighted by Gasteiger charge is 2.36. The van der Waals surface area contributed by atoms with Crippen LogP contribution in [0.5, 0.6) is 0 Å². The van der Waals surface area contributed by atoms with Crippen LogP contribution in [-0.2, 0) is 9.84 Å². The average Bonchev–Trinajstić information content (AvgIpc) is 2.72. The predicted octanol–water partition coefficient (Wildman–Crippen LogP) is 4.60. The van der Waals surface area contributed by atoms with Gasteiger partial charge in [-0.25, -0.2) is 8.42 Å². The highest BCUT2D eigenvalue weighted by atomic mass is 32.2. The standard InChI is InChI=1S/C24H22O4S/c1-17-8-12-19(13-9-17)22(25)16-23(24(26)20-6-4-3-5-7-20)29(27,28)21-14-10-18(2)11-15-21/h3-15,23H,16H2,1-2H3/t23-/m0/s1. The Bertz CT molecular complexity index is 1110. The van der Waals surface area contributed by atoms with Crippen LogP contribution in [0.3, 0.4) is 0 Å². The summed E-state index contributed by atoms with van der Waals surface area (Å²) in [6.45, 7) is 3.75. The molecule has 29 heavy (non-hydrogen) atoms. The Balaban J connectivity index is 2.01. The maximum atomic E-state index is 13.3. The minimum Gasteiger partial charge on any atom is -0.294 e. The van der Waals surface area contributed by atoms with Crippen molar-refractivity contribution in [1.82, 2.24) is 0 Å². The zero-order valence-electron chi connectivity index (χ0n) is 16.3. The van der Waals surface area contributed by atoms with Crippen molar-refractivity contribution in [1.29, 1.82) is 0 Å². The van der Waals surface area contributed by atoms with Gasteiger partial charge in [-0.1, -0.05) is 77.9 Å². The number of hydrogen-bond acceptors (Lipinski definition) is 4. The van der Waals surface area contributed by atoms with Crippen molar-refractivity contribution in [2.45, 2.75) is 30.4 Å². The molecule has 0 bridgehead atoms. The van der Waals surface area contributed by atoms with Gasteiger partial charge in [0.1, 0.15) is 5.25 Å². The molecule has 3 aromatic rings. The van der Waals surface area contributed by atoms with Gasteiger partial charge < -0.3 is 0 Å². The van der Waals surface area contributed by atoms with Gasteiger partial charge in [-0.2, -0.15) is 0 Å². The normalized spacial score (nSPS) is 12.3. The Morgan fingerprint density at radius 3 is 1.79 bits per heavy atom. The van der Waals surface area contributed by atoms with Gasteiger partial charge in [-0.3, -0.25) is 9.59 Å². The topological polar surface area (TPSA) is 68.3 Å². The van der Waals surface area contributed by atoms with Crippen LogP contribution in [-0.4, -0.2) is 25.2 Å². The molecule has 0 saturated carbocycles. The maximum Gasteiger partial charge on any atom is 0.189 e. The minimum atomic E-state index is -4.05. The molecule has 0 spiro atoms. The summed E-state index contributed by atoms with van der Waals surface area (Å²) >= 11 is 0. The highest BCUT2D eigenvalue weighted by Crippen LogP contribution is 2.24. The Kier molecular flexibility index (Phi) is 6.09. The number of carbonyl (C=O) groups is 2. The Morgan fingerprint density at radius 2 is 1.24 bits per heavy atom. The summed E-state index contributed by atoms with van der Waals surface area (Å²) < 4.78 is 26.6. The van der Waals surface area contributed by atoms with Crippen LogP contribution in [0.25, 0.3) is 0 Å². The summed E-state index contributed by atoms with van der Waals surface area (Å²) in [6.07, 6.45) is -0.410. The summed E-state index contributed by atoms with van der Waals surface area (Å²) in [5.41, 5.74) is 2.56. The van der Waals surface area contributed by atoms with Gasteiger partial charge in [0, 0.05) is 17.5 Å². The fourth-order valence-electron chi connectivity index (χ4n) is 3.05. The van der Waals surface area contributed by atoms with E-state index in [1.807, 2.05) is 13.8 Å². The summed E-state index contributed by atoms with van der Waals surface area (Å²) in [6, 6.07) is 21.4. The molecular weight excluding hydrogens is 384 g/mol. The Morgan fingerprint density at radius 1 is 0.724 bits per heavy atom. The second kappa shape index (κ2) is 8.53. The van der Waals surface area contributed by atoms with E-state index in [1.54, 1.807) is 66.7 Å². The second-order valence-electron chi connectivity index (χ2n) is 7.07. The van der Waals surface area contributed by atoms with E-state index in [0.29, 0.717) is 5.56 Å². The lowest BCUT2D eigenvalue weighted by Crippen LogP contribution is -2.33. The zero-order chi connectivity index (χ0) is 21.0. The Hall–Kier alpha value is -3.05. The number of Topliss-reactive ketones (excluding diaryl/α,β-unsaturated/α-hetero) is 2. The quantitative estimate of drug-likeness (QED) is 0.538. The van der Waals surface area contributed by atoms with Crippen molar-refractivity contribution in [3.05, 3.63) is 101 Å². The van der Waals surface area contributed by atoms with E-state index in [1.165, 1.54) is 12.1 Å². The molecule has 0 aliphatic rings. The molecule has 0 aromatic heterocycles. The largest absolute Gasteiger partial charge is 0.294 e. The minimum absolute atomic E-state index is 0.0362. The number of benzene rings is 3. The third-order valence-corrected chi connectivity index (χ3v) is 6.88. The first-order valence-corrected chi connectivity index (χ1v) is 10.8. The van der Waals surface area contributed by atoms with Crippen molar-refractivity contribution >= 4 is 21.4 Å². The Labute approximate surface area is 171 Å². The first-order valence-electron chi connectivity index (χ1n) is 9.29. The fraction of sp³-hybridized carbons (Fsp3) is 0.167. The third-order valence-electron chi connectivity index (χ3n) is 4.82. The van der Waals surface area contributed by atoms with E-state index >= 15 is 0 Å². The summed E-state index contributed by atoms with van der Waals surface area (Å²) in [5, 5.41) is -1.48. The van der Waals surface area contributed by atoms with Gasteiger partial charge in [0.05, 0.1) is 4.90 Å². The highest BCUT2D eigenvalue weighted by molar-refractivity contribution is 7.92. The van der Waals surface area contributed by atoms with Gasteiger partial charge in [0.25, 0.3) is 0 Å². The number of carbonyl (C=O) groups excluding carboxylic acids is 2. The van der Waals surface area contributed by atoms with E-state index in [2.05, 4.69) is 0 Å². The number of hydrogen-bond donors (Lipinski definition) is 0. The molecule has 0 unspecified atom stereocenters. The summed E-state index contributed by atoms with van der Waals surface area (Å²) in [5.74, 6) is -0.957. The van der Waals surface area contributed by atoms with Crippen molar-refractivity contribution in [3.63, 3.8) is 0 Å². The van der Waals surface area contributed by atoms with Crippen LogP contribution in [0.4, 0.5) is 0 Å². The molecule has 0 N–H and O–H groups in total. The smallest absolute Gasteiger partial charge is 0.189 e. The molecule has 0 saturated heterocycles. The average molecular weight is 407 g/mol. The van der Waals surface area contributed by atoms with Crippen LogP contribution in [0, 0.1) is 13.8 Å². The lowest BCUT2D eigenvalue weighted by molar-refractivity contribution is 0.0920. The van der Waals surface area contributed by atoms with Crippen LogP contribution < -0.4 is 0 Å². The SMILES string of the molecule is Cc1ccc(C(=O)C[C@@H](C(=O)c2ccccc2)S(=O)(=O)c2ccc(C)cc2)cc1. The fourth-order valence-corrected chi connectivity index (χ4v) is 4.68. The third kappa shape index (κ3) is 4.69. The molecule has 148 valence electrons. The lowest BCUT2D eigenvalue weighted by Gasteiger charge is -2.17. The molecule has 4 nitrogen and oxygen atoms in total. The number of rotatable bonds is 7.